The average Bonchev–Trinajstić information content (AvgIpc) is 2.77. The van der Waals surface area contributed by atoms with Crippen molar-refractivity contribution in [1.82, 2.24) is 4.90 Å². The predicted octanol–water partition coefficient (Wildman–Crippen LogP) is 4.18. The summed E-state index contributed by atoms with van der Waals surface area (Å²) in [6.45, 7) is 0.649. The number of ether oxygens (including phenoxy) is 1. The van der Waals surface area contributed by atoms with E-state index in [1.54, 1.807) is 35.2 Å². The van der Waals surface area contributed by atoms with Gasteiger partial charge in [-0.05, 0) is 60.5 Å². The van der Waals surface area contributed by atoms with Crippen molar-refractivity contribution in [3.05, 3.63) is 95.1 Å². The highest BCUT2D eigenvalue weighted by Crippen LogP contribution is 2.29. The first-order chi connectivity index (χ1) is 15.0. The summed E-state index contributed by atoms with van der Waals surface area (Å²) in [7, 11) is 0. The second-order valence-corrected chi connectivity index (χ2v) is 7.23. The number of nitrogens with zero attached hydrogens (tertiary/aromatic N) is 1. The maximum atomic E-state index is 13.1. The van der Waals surface area contributed by atoms with Gasteiger partial charge in [-0.2, -0.15) is 0 Å². The summed E-state index contributed by atoms with van der Waals surface area (Å²) < 4.78 is 31.8. The summed E-state index contributed by atoms with van der Waals surface area (Å²) >= 11 is 0. The summed E-state index contributed by atoms with van der Waals surface area (Å²) in [6, 6.07) is 16.7. The Labute approximate surface area is 178 Å². The first-order valence-corrected chi connectivity index (χ1v) is 9.83. The van der Waals surface area contributed by atoms with Crippen molar-refractivity contribution in [3.8, 4) is 5.75 Å². The van der Waals surface area contributed by atoms with Crippen LogP contribution in [0.3, 0.4) is 0 Å². The lowest BCUT2D eigenvalue weighted by molar-refractivity contribution is -0.118. The summed E-state index contributed by atoms with van der Waals surface area (Å²) in [5.74, 6) is -0.731. The normalized spacial score (nSPS) is 13.0. The van der Waals surface area contributed by atoms with Gasteiger partial charge in [0, 0.05) is 29.9 Å². The minimum absolute atomic E-state index is 0.133. The molecule has 31 heavy (non-hydrogen) atoms. The third kappa shape index (κ3) is 4.88. The van der Waals surface area contributed by atoms with Crippen LogP contribution in [-0.4, -0.2) is 29.9 Å². The molecule has 0 spiro atoms. The molecule has 1 heterocycles. The van der Waals surface area contributed by atoms with E-state index in [2.05, 4.69) is 5.32 Å². The third-order valence-electron chi connectivity index (χ3n) is 5.06. The fourth-order valence-corrected chi connectivity index (χ4v) is 3.51. The van der Waals surface area contributed by atoms with Gasteiger partial charge in [0.1, 0.15) is 17.4 Å². The zero-order chi connectivity index (χ0) is 21.8. The SMILES string of the molecule is O=C(COc1cccc2c1CCN(Cc1ccc(F)cc1)C2=O)Nc1ccc(F)cc1. The molecule has 0 aliphatic carbocycles. The van der Waals surface area contributed by atoms with E-state index in [4.69, 9.17) is 4.74 Å². The van der Waals surface area contributed by atoms with Crippen LogP contribution in [0.4, 0.5) is 14.5 Å². The van der Waals surface area contributed by atoms with Crippen molar-refractivity contribution in [2.75, 3.05) is 18.5 Å². The monoisotopic (exact) mass is 422 g/mol. The van der Waals surface area contributed by atoms with Crippen molar-refractivity contribution < 1.29 is 23.1 Å². The van der Waals surface area contributed by atoms with E-state index in [-0.39, 0.29) is 30.1 Å². The molecule has 0 bridgehead atoms. The van der Waals surface area contributed by atoms with E-state index in [1.807, 2.05) is 0 Å². The van der Waals surface area contributed by atoms with E-state index in [1.165, 1.54) is 36.4 Å². The van der Waals surface area contributed by atoms with Crippen molar-refractivity contribution >= 4 is 17.5 Å². The van der Waals surface area contributed by atoms with E-state index in [0.717, 1.165) is 11.1 Å². The average molecular weight is 422 g/mol. The van der Waals surface area contributed by atoms with Gasteiger partial charge in [0.05, 0.1) is 0 Å². The Kier molecular flexibility index (Phi) is 5.93. The number of carbonyl (C=O) groups excluding carboxylic acids is 2. The number of carbonyl (C=O) groups is 2. The maximum Gasteiger partial charge on any atom is 0.262 e. The van der Waals surface area contributed by atoms with Gasteiger partial charge in [0.2, 0.25) is 0 Å². The Hall–Kier alpha value is -3.74. The number of halogens is 2. The van der Waals surface area contributed by atoms with Crippen molar-refractivity contribution in [3.63, 3.8) is 0 Å². The van der Waals surface area contributed by atoms with E-state index < -0.39 is 0 Å². The van der Waals surface area contributed by atoms with Crippen molar-refractivity contribution in [2.45, 2.75) is 13.0 Å². The lowest BCUT2D eigenvalue weighted by atomic mass is 9.97. The molecule has 0 aromatic heterocycles. The van der Waals surface area contributed by atoms with Crippen molar-refractivity contribution in [1.29, 1.82) is 0 Å². The molecule has 158 valence electrons. The minimum Gasteiger partial charge on any atom is -0.483 e. The molecule has 0 unspecified atom stereocenters. The van der Waals surface area contributed by atoms with Crippen LogP contribution in [0.5, 0.6) is 5.75 Å². The fraction of sp³-hybridized carbons (Fsp3) is 0.167. The lowest BCUT2D eigenvalue weighted by Crippen LogP contribution is -2.37. The molecule has 0 saturated heterocycles. The minimum atomic E-state index is -0.386. The Morgan fingerprint density at radius 2 is 1.65 bits per heavy atom. The Balaban J connectivity index is 1.41. The maximum absolute atomic E-state index is 13.1. The van der Waals surface area contributed by atoms with Gasteiger partial charge in [-0.15, -0.1) is 0 Å². The van der Waals surface area contributed by atoms with Gasteiger partial charge in [0.25, 0.3) is 11.8 Å². The zero-order valence-corrected chi connectivity index (χ0v) is 16.6. The summed E-state index contributed by atoms with van der Waals surface area (Å²) in [6.07, 6.45) is 0.581. The summed E-state index contributed by atoms with van der Waals surface area (Å²) in [4.78, 5) is 26.8. The van der Waals surface area contributed by atoms with E-state index in [9.17, 15) is 18.4 Å². The molecule has 3 aromatic carbocycles. The highest BCUT2D eigenvalue weighted by molar-refractivity contribution is 5.97. The predicted molar refractivity (Wildman–Crippen MR) is 112 cm³/mol. The quantitative estimate of drug-likeness (QED) is 0.648. The van der Waals surface area contributed by atoms with Crippen LogP contribution in [0.25, 0.3) is 0 Å². The summed E-state index contributed by atoms with van der Waals surface area (Å²) in [5.41, 5.74) is 2.61. The number of hydrogen-bond donors (Lipinski definition) is 1. The molecule has 0 saturated carbocycles. The Morgan fingerprint density at radius 1 is 0.968 bits per heavy atom. The Bertz CT molecular complexity index is 1100. The summed E-state index contributed by atoms with van der Waals surface area (Å²) in [5, 5.41) is 2.63. The second-order valence-electron chi connectivity index (χ2n) is 7.23. The number of nitrogens with one attached hydrogen (secondary N) is 1. The molecule has 5 nitrogen and oxygen atoms in total. The van der Waals surface area contributed by atoms with Crippen LogP contribution in [0, 0.1) is 11.6 Å². The highest BCUT2D eigenvalue weighted by Gasteiger charge is 2.26. The molecule has 1 N–H and O–H groups in total. The lowest BCUT2D eigenvalue weighted by Gasteiger charge is -2.29. The molecular formula is C24H20F2N2O3. The molecule has 2 amide bonds. The van der Waals surface area contributed by atoms with Crippen LogP contribution < -0.4 is 10.1 Å². The van der Waals surface area contributed by atoms with Crippen LogP contribution in [0.1, 0.15) is 21.5 Å². The molecule has 4 rings (SSSR count). The first-order valence-electron chi connectivity index (χ1n) is 9.83. The van der Waals surface area contributed by atoms with Crippen LogP contribution in [0.2, 0.25) is 0 Å². The number of rotatable bonds is 6. The highest BCUT2D eigenvalue weighted by atomic mass is 19.1. The molecule has 0 fully saturated rings. The van der Waals surface area contributed by atoms with Gasteiger partial charge < -0.3 is 15.0 Å². The third-order valence-corrected chi connectivity index (χ3v) is 5.06. The van der Waals surface area contributed by atoms with Gasteiger partial charge >= 0.3 is 0 Å². The van der Waals surface area contributed by atoms with Crippen LogP contribution in [-0.2, 0) is 17.8 Å². The van der Waals surface area contributed by atoms with Crippen LogP contribution in [0.15, 0.2) is 66.7 Å². The van der Waals surface area contributed by atoms with Crippen LogP contribution >= 0.6 is 0 Å². The van der Waals surface area contributed by atoms with Gasteiger partial charge in [0.15, 0.2) is 6.61 Å². The number of hydrogen-bond acceptors (Lipinski definition) is 3. The fourth-order valence-electron chi connectivity index (χ4n) is 3.51. The van der Waals surface area contributed by atoms with Gasteiger partial charge in [-0.1, -0.05) is 18.2 Å². The molecule has 0 radical (unpaired) electrons. The van der Waals surface area contributed by atoms with Gasteiger partial charge in [-0.3, -0.25) is 9.59 Å². The molecule has 3 aromatic rings. The number of fused-ring (bicyclic) bond motifs is 1. The molecular weight excluding hydrogens is 402 g/mol. The molecule has 7 heteroatoms. The smallest absolute Gasteiger partial charge is 0.262 e. The van der Waals surface area contributed by atoms with E-state index in [0.29, 0.717) is 36.5 Å². The molecule has 0 atom stereocenters. The molecule has 1 aliphatic heterocycles. The largest absolute Gasteiger partial charge is 0.483 e. The standard InChI is InChI=1S/C24H20F2N2O3/c25-17-6-4-16(5-7-17)14-28-13-12-20-21(24(28)30)2-1-3-22(20)31-15-23(29)27-19-10-8-18(26)9-11-19/h1-11H,12-15H2,(H,27,29). The number of amides is 2. The van der Waals surface area contributed by atoms with Gasteiger partial charge in [-0.25, -0.2) is 8.78 Å². The zero-order valence-electron chi connectivity index (χ0n) is 16.6. The number of anilines is 1. The molecule has 1 aliphatic rings. The van der Waals surface area contributed by atoms with E-state index >= 15 is 0 Å². The topological polar surface area (TPSA) is 58.6 Å². The second kappa shape index (κ2) is 8.95. The van der Waals surface area contributed by atoms with Crippen molar-refractivity contribution in [2.24, 2.45) is 0 Å². The Morgan fingerprint density at radius 3 is 2.35 bits per heavy atom. The first kappa shape index (κ1) is 20.5. The number of benzene rings is 3.